The Balaban J connectivity index is 1.43. The lowest BCUT2D eigenvalue weighted by Crippen LogP contribution is -2.59. The van der Waals surface area contributed by atoms with E-state index in [0.29, 0.717) is 26.3 Å². The van der Waals surface area contributed by atoms with Crippen LogP contribution in [0.1, 0.15) is 78.6 Å². The zero-order valence-corrected chi connectivity index (χ0v) is 20.4. The molecule has 6 nitrogen and oxygen atoms in total. The van der Waals surface area contributed by atoms with Crippen molar-refractivity contribution in [1.82, 2.24) is 10.2 Å². The molecule has 2 N–H and O–H groups in total. The summed E-state index contributed by atoms with van der Waals surface area (Å²) in [6.07, 6.45) is 9.07. The van der Waals surface area contributed by atoms with E-state index in [4.69, 9.17) is 4.74 Å². The highest BCUT2D eigenvalue weighted by atomic mass is 16.5. The van der Waals surface area contributed by atoms with Gasteiger partial charge >= 0.3 is 0 Å². The summed E-state index contributed by atoms with van der Waals surface area (Å²) in [7, 11) is 0. The largest absolute Gasteiger partial charge is 0.392 e. The molecule has 0 aromatic heterocycles. The summed E-state index contributed by atoms with van der Waals surface area (Å²) in [4.78, 5) is 28.0. The van der Waals surface area contributed by atoms with Crippen LogP contribution in [0.2, 0.25) is 0 Å². The number of aliphatic hydroxyl groups is 1. The Kier molecular flexibility index (Phi) is 7.50. The van der Waals surface area contributed by atoms with Gasteiger partial charge in [0.25, 0.3) is 0 Å². The van der Waals surface area contributed by atoms with E-state index in [2.05, 4.69) is 19.2 Å². The van der Waals surface area contributed by atoms with Crippen molar-refractivity contribution in [2.24, 2.45) is 35.0 Å². The first-order chi connectivity index (χ1) is 15.3. The summed E-state index contributed by atoms with van der Waals surface area (Å²) in [5, 5.41) is 15.0. The van der Waals surface area contributed by atoms with E-state index in [1.54, 1.807) is 0 Å². The number of fused-ring (bicyclic) bond motifs is 1. The van der Waals surface area contributed by atoms with Gasteiger partial charge in [-0.25, -0.2) is 0 Å². The minimum Gasteiger partial charge on any atom is -0.392 e. The van der Waals surface area contributed by atoms with Crippen LogP contribution in [-0.2, 0) is 14.3 Å². The Morgan fingerprint density at radius 3 is 2.41 bits per heavy atom. The summed E-state index contributed by atoms with van der Waals surface area (Å²) < 4.78 is 5.40. The van der Waals surface area contributed by atoms with E-state index in [1.807, 2.05) is 11.8 Å². The molecule has 0 aromatic rings. The molecule has 1 aliphatic heterocycles. The van der Waals surface area contributed by atoms with E-state index in [-0.39, 0.29) is 52.9 Å². The average molecular weight is 449 g/mol. The summed E-state index contributed by atoms with van der Waals surface area (Å²) in [6, 6.07) is 0.126. The Morgan fingerprint density at radius 1 is 1.06 bits per heavy atom. The maximum absolute atomic E-state index is 13.2. The second-order valence-electron chi connectivity index (χ2n) is 11.4. The Labute approximate surface area is 193 Å². The van der Waals surface area contributed by atoms with Crippen LogP contribution in [-0.4, -0.2) is 60.3 Å². The number of amides is 2. The topological polar surface area (TPSA) is 78.9 Å². The Morgan fingerprint density at radius 2 is 1.72 bits per heavy atom. The molecule has 7 atom stereocenters. The molecule has 32 heavy (non-hydrogen) atoms. The van der Waals surface area contributed by atoms with Crippen LogP contribution < -0.4 is 5.32 Å². The molecule has 0 unspecified atom stereocenters. The molecule has 182 valence electrons. The highest BCUT2D eigenvalue weighted by molar-refractivity contribution is 5.79. The summed E-state index contributed by atoms with van der Waals surface area (Å²) in [5.74, 6) is 0.681. The third-order valence-corrected chi connectivity index (χ3v) is 9.55. The monoisotopic (exact) mass is 448 g/mol. The molecule has 1 saturated heterocycles. The van der Waals surface area contributed by atoms with Gasteiger partial charge in [0.2, 0.25) is 11.8 Å². The molecule has 0 spiro atoms. The summed E-state index contributed by atoms with van der Waals surface area (Å²) >= 11 is 0. The highest BCUT2D eigenvalue weighted by Crippen LogP contribution is 2.55. The van der Waals surface area contributed by atoms with Gasteiger partial charge in [0, 0.05) is 31.0 Å². The van der Waals surface area contributed by atoms with Gasteiger partial charge in [0.1, 0.15) is 0 Å². The van der Waals surface area contributed by atoms with E-state index >= 15 is 0 Å². The number of hydrogen-bond acceptors (Lipinski definition) is 4. The first-order valence-corrected chi connectivity index (χ1v) is 13.2. The maximum atomic E-state index is 13.2. The standard InChI is InChI=1S/C26H44N2O4/c1-17(25(31)28-13-15-32-16-14-28)20-9-11-26(3)12-10-21(18(2)22(26)23(20)29)27-24(30)19-7-5-4-6-8-19/h17-23,29H,4-16H2,1-3H3,(H,27,30)/t17-,18+,20+,21-,22+,23-,26-/m0/s1. The van der Waals surface area contributed by atoms with E-state index in [1.165, 1.54) is 6.42 Å². The van der Waals surface area contributed by atoms with Gasteiger partial charge in [-0.2, -0.15) is 0 Å². The lowest BCUT2D eigenvalue weighted by atomic mass is 9.51. The van der Waals surface area contributed by atoms with Gasteiger partial charge < -0.3 is 20.1 Å². The van der Waals surface area contributed by atoms with Crippen LogP contribution in [0.5, 0.6) is 0 Å². The molecule has 6 heteroatoms. The van der Waals surface area contributed by atoms with Crippen molar-refractivity contribution in [2.45, 2.75) is 90.7 Å². The fourth-order valence-corrected chi connectivity index (χ4v) is 7.42. The van der Waals surface area contributed by atoms with Crippen molar-refractivity contribution in [3.05, 3.63) is 0 Å². The fraction of sp³-hybridized carbons (Fsp3) is 0.923. The third kappa shape index (κ3) is 4.72. The van der Waals surface area contributed by atoms with Crippen LogP contribution in [0.4, 0.5) is 0 Å². The lowest BCUT2D eigenvalue weighted by molar-refractivity contribution is -0.154. The van der Waals surface area contributed by atoms with Gasteiger partial charge in [-0.05, 0) is 61.7 Å². The third-order valence-electron chi connectivity index (χ3n) is 9.55. The van der Waals surface area contributed by atoms with Crippen molar-refractivity contribution in [3.8, 4) is 0 Å². The normalized spacial score (nSPS) is 39.8. The molecule has 0 aromatic carbocycles. The molecular formula is C26H44N2O4. The minimum atomic E-state index is -0.502. The second-order valence-corrected chi connectivity index (χ2v) is 11.4. The molecule has 0 bridgehead atoms. The number of nitrogens with one attached hydrogen (secondary N) is 1. The second kappa shape index (κ2) is 10.0. The number of carbonyl (C=O) groups is 2. The molecule has 3 aliphatic carbocycles. The molecule has 2 amide bonds. The molecular weight excluding hydrogens is 404 g/mol. The van der Waals surface area contributed by atoms with Gasteiger partial charge in [0.05, 0.1) is 19.3 Å². The fourth-order valence-electron chi connectivity index (χ4n) is 7.42. The van der Waals surface area contributed by atoms with Crippen LogP contribution >= 0.6 is 0 Å². The summed E-state index contributed by atoms with van der Waals surface area (Å²) in [5.41, 5.74) is 0.0864. The van der Waals surface area contributed by atoms with Crippen LogP contribution in [0.3, 0.4) is 0 Å². The first-order valence-electron chi connectivity index (χ1n) is 13.2. The van der Waals surface area contributed by atoms with Crippen LogP contribution in [0, 0.1) is 35.0 Å². The van der Waals surface area contributed by atoms with Gasteiger partial charge in [0.15, 0.2) is 0 Å². The molecule has 3 saturated carbocycles. The molecule has 4 rings (SSSR count). The number of rotatable bonds is 4. The van der Waals surface area contributed by atoms with Crippen molar-refractivity contribution >= 4 is 11.8 Å². The molecule has 4 fully saturated rings. The maximum Gasteiger partial charge on any atom is 0.225 e. The zero-order valence-electron chi connectivity index (χ0n) is 20.4. The van der Waals surface area contributed by atoms with Gasteiger partial charge in [-0.1, -0.05) is 40.0 Å². The zero-order chi connectivity index (χ0) is 22.9. The van der Waals surface area contributed by atoms with E-state index in [0.717, 1.165) is 51.4 Å². The SMILES string of the molecule is C[C@H]1[C@@H]2[C@@H](O)[C@@H]([C@H](C)C(=O)N3CCOCC3)CC[C@@]2(C)CC[C@@H]1NC(=O)C1CCCCC1. The quantitative estimate of drug-likeness (QED) is 0.691. The first kappa shape index (κ1) is 24.0. The minimum absolute atomic E-state index is 0.0151. The highest BCUT2D eigenvalue weighted by Gasteiger charge is 2.54. The van der Waals surface area contributed by atoms with Gasteiger partial charge in [-0.15, -0.1) is 0 Å². The van der Waals surface area contributed by atoms with Crippen LogP contribution in [0.25, 0.3) is 0 Å². The van der Waals surface area contributed by atoms with E-state index < -0.39 is 6.10 Å². The van der Waals surface area contributed by atoms with Crippen LogP contribution in [0.15, 0.2) is 0 Å². The number of ether oxygens (including phenoxy) is 1. The summed E-state index contributed by atoms with van der Waals surface area (Å²) in [6.45, 7) is 9.05. The number of hydrogen-bond donors (Lipinski definition) is 2. The number of aliphatic hydroxyl groups excluding tert-OH is 1. The predicted octanol–water partition coefficient (Wildman–Crippen LogP) is 3.37. The Hall–Kier alpha value is -1.14. The number of morpholine rings is 1. The average Bonchev–Trinajstić information content (AvgIpc) is 2.81. The number of carbonyl (C=O) groups excluding carboxylic acids is 2. The van der Waals surface area contributed by atoms with Crippen molar-refractivity contribution in [3.63, 3.8) is 0 Å². The van der Waals surface area contributed by atoms with E-state index in [9.17, 15) is 14.7 Å². The Bertz CT molecular complexity index is 673. The molecule has 1 heterocycles. The predicted molar refractivity (Wildman–Crippen MR) is 124 cm³/mol. The smallest absolute Gasteiger partial charge is 0.225 e. The molecule has 0 radical (unpaired) electrons. The van der Waals surface area contributed by atoms with Crippen molar-refractivity contribution in [1.29, 1.82) is 0 Å². The lowest BCUT2D eigenvalue weighted by Gasteiger charge is -2.56. The van der Waals surface area contributed by atoms with Crippen molar-refractivity contribution in [2.75, 3.05) is 26.3 Å². The number of nitrogens with zero attached hydrogens (tertiary/aromatic N) is 1. The van der Waals surface area contributed by atoms with Gasteiger partial charge in [-0.3, -0.25) is 9.59 Å². The molecule has 4 aliphatic rings. The van der Waals surface area contributed by atoms with Crippen molar-refractivity contribution < 1.29 is 19.4 Å².